The summed E-state index contributed by atoms with van der Waals surface area (Å²) >= 11 is 14.1. The van der Waals surface area contributed by atoms with Gasteiger partial charge in [-0.05, 0) is 55.1 Å². The molecule has 0 unspecified atom stereocenters. The van der Waals surface area contributed by atoms with Gasteiger partial charge < -0.3 is 5.32 Å². The SMILES string of the molecule is CCc1cc2c(Nc3c(C)cc(C)cc3Cl)nc(Cl)nc2s1. The van der Waals surface area contributed by atoms with Crippen LogP contribution in [0.5, 0.6) is 0 Å². The maximum Gasteiger partial charge on any atom is 0.225 e. The lowest BCUT2D eigenvalue weighted by atomic mass is 10.1. The molecule has 0 spiro atoms. The molecule has 0 saturated carbocycles. The molecule has 0 aliphatic rings. The summed E-state index contributed by atoms with van der Waals surface area (Å²) in [4.78, 5) is 10.8. The molecule has 0 amide bonds. The van der Waals surface area contributed by atoms with E-state index in [9.17, 15) is 0 Å². The monoisotopic (exact) mass is 351 g/mol. The van der Waals surface area contributed by atoms with Crippen LogP contribution < -0.4 is 5.32 Å². The lowest BCUT2D eigenvalue weighted by Crippen LogP contribution is -1.99. The second-order valence-corrected chi connectivity index (χ2v) is 7.05. The average molecular weight is 352 g/mol. The number of rotatable bonds is 3. The molecule has 22 heavy (non-hydrogen) atoms. The van der Waals surface area contributed by atoms with Gasteiger partial charge in [-0.2, -0.15) is 4.98 Å². The largest absolute Gasteiger partial charge is 0.338 e. The van der Waals surface area contributed by atoms with Crippen LogP contribution in [0.4, 0.5) is 11.5 Å². The molecule has 3 nitrogen and oxygen atoms in total. The van der Waals surface area contributed by atoms with Gasteiger partial charge in [0.15, 0.2) is 0 Å². The summed E-state index contributed by atoms with van der Waals surface area (Å²) in [6, 6.07) is 6.12. The number of aryl methyl sites for hydroxylation is 3. The van der Waals surface area contributed by atoms with E-state index in [4.69, 9.17) is 23.2 Å². The Morgan fingerprint density at radius 1 is 1.14 bits per heavy atom. The minimum atomic E-state index is 0.236. The molecule has 0 saturated heterocycles. The molecule has 3 rings (SSSR count). The van der Waals surface area contributed by atoms with Crippen LogP contribution in [0.15, 0.2) is 18.2 Å². The lowest BCUT2D eigenvalue weighted by Gasteiger charge is -2.12. The van der Waals surface area contributed by atoms with Gasteiger partial charge >= 0.3 is 0 Å². The van der Waals surface area contributed by atoms with Crippen molar-refractivity contribution in [1.82, 2.24) is 9.97 Å². The zero-order valence-electron chi connectivity index (χ0n) is 12.5. The van der Waals surface area contributed by atoms with E-state index < -0.39 is 0 Å². The van der Waals surface area contributed by atoms with E-state index in [1.165, 1.54) is 4.88 Å². The Morgan fingerprint density at radius 2 is 1.91 bits per heavy atom. The predicted molar refractivity (Wildman–Crippen MR) is 96.0 cm³/mol. The molecule has 1 aromatic carbocycles. The standard InChI is InChI=1S/C16H15Cl2N3S/c1-4-10-7-11-14(20-16(18)21-15(11)22-10)19-13-9(3)5-8(2)6-12(13)17/h5-7H,4H2,1-3H3,(H,19,20,21). The van der Waals surface area contributed by atoms with Crippen LogP contribution in [0.2, 0.25) is 10.3 Å². The van der Waals surface area contributed by atoms with Gasteiger partial charge in [-0.3, -0.25) is 0 Å². The van der Waals surface area contributed by atoms with Crippen LogP contribution >= 0.6 is 34.5 Å². The second-order valence-electron chi connectivity index (χ2n) is 5.19. The van der Waals surface area contributed by atoms with E-state index in [1.807, 2.05) is 19.9 Å². The molecule has 2 aromatic heterocycles. The minimum absolute atomic E-state index is 0.236. The highest BCUT2D eigenvalue weighted by Crippen LogP contribution is 2.35. The van der Waals surface area contributed by atoms with Crippen LogP contribution in [0.1, 0.15) is 22.9 Å². The Balaban J connectivity index is 2.13. The number of halogens is 2. The summed E-state index contributed by atoms with van der Waals surface area (Å²) in [7, 11) is 0. The van der Waals surface area contributed by atoms with Crippen molar-refractivity contribution in [3.8, 4) is 0 Å². The van der Waals surface area contributed by atoms with Gasteiger partial charge in [-0.1, -0.05) is 24.6 Å². The number of hydrogen-bond acceptors (Lipinski definition) is 4. The molecule has 0 bridgehead atoms. The first-order valence-electron chi connectivity index (χ1n) is 6.97. The Morgan fingerprint density at radius 3 is 2.59 bits per heavy atom. The third-order valence-electron chi connectivity index (χ3n) is 3.44. The predicted octanol–water partition coefficient (Wildman–Crippen LogP) is 5.92. The number of aromatic nitrogens is 2. The van der Waals surface area contributed by atoms with Gasteiger partial charge in [0.2, 0.25) is 5.28 Å². The van der Waals surface area contributed by atoms with E-state index in [0.717, 1.165) is 33.5 Å². The van der Waals surface area contributed by atoms with Gasteiger partial charge in [0, 0.05) is 4.88 Å². The summed E-state index contributed by atoms with van der Waals surface area (Å²) in [5.74, 6) is 0.694. The minimum Gasteiger partial charge on any atom is -0.338 e. The van der Waals surface area contributed by atoms with E-state index >= 15 is 0 Å². The van der Waals surface area contributed by atoms with Crippen molar-refractivity contribution in [3.63, 3.8) is 0 Å². The van der Waals surface area contributed by atoms with Gasteiger partial charge in [0.1, 0.15) is 10.6 Å². The first-order chi connectivity index (χ1) is 10.5. The molecule has 0 atom stereocenters. The second kappa shape index (κ2) is 6.03. The molecular formula is C16H15Cl2N3S. The maximum absolute atomic E-state index is 6.37. The van der Waals surface area contributed by atoms with E-state index in [2.05, 4.69) is 34.3 Å². The molecule has 0 fully saturated rings. The van der Waals surface area contributed by atoms with Crippen molar-refractivity contribution in [2.24, 2.45) is 0 Å². The molecule has 0 radical (unpaired) electrons. The average Bonchev–Trinajstić information content (AvgIpc) is 2.85. The van der Waals surface area contributed by atoms with Gasteiger partial charge in [0.25, 0.3) is 0 Å². The summed E-state index contributed by atoms with van der Waals surface area (Å²) in [6.45, 7) is 6.16. The maximum atomic E-state index is 6.37. The van der Waals surface area contributed by atoms with Crippen LogP contribution in [-0.2, 0) is 6.42 Å². The summed E-state index contributed by atoms with van der Waals surface area (Å²) in [5, 5.41) is 5.21. The Kier molecular flexibility index (Phi) is 4.26. The van der Waals surface area contributed by atoms with Crippen LogP contribution in [0.25, 0.3) is 10.2 Å². The number of hydrogen-bond donors (Lipinski definition) is 1. The molecular weight excluding hydrogens is 337 g/mol. The fourth-order valence-electron chi connectivity index (χ4n) is 2.41. The fourth-order valence-corrected chi connectivity index (χ4v) is 3.96. The smallest absolute Gasteiger partial charge is 0.225 e. The third-order valence-corrected chi connectivity index (χ3v) is 5.08. The first kappa shape index (κ1) is 15.5. The summed E-state index contributed by atoms with van der Waals surface area (Å²) in [6.07, 6.45) is 0.961. The number of fused-ring (bicyclic) bond motifs is 1. The third kappa shape index (κ3) is 2.91. The van der Waals surface area contributed by atoms with Crippen molar-refractivity contribution in [2.45, 2.75) is 27.2 Å². The zero-order valence-corrected chi connectivity index (χ0v) is 14.8. The van der Waals surface area contributed by atoms with Gasteiger partial charge in [-0.25, -0.2) is 4.98 Å². The van der Waals surface area contributed by atoms with Crippen LogP contribution in [0.3, 0.4) is 0 Å². The first-order valence-corrected chi connectivity index (χ1v) is 8.55. The van der Waals surface area contributed by atoms with Crippen molar-refractivity contribution < 1.29 is 0 Å². The van der Waals surface area contributed by atoms with Crippen molar-refractivity contribution in [1.29, 1.82) is 0 Å². The van der Waals surface area contributed by atoms with E-state index in [1.54, 1.807) is 11.3 Å². The Bertz CT molecular complexity index is 835. The quantitative estimate of drug-likeness (QED) is 0.595. The van der Waals surface area contributed by atoms with E-state index in [-0.39, 0.29) is 5.28 Å². The van der Waals surface area contributed by atoms with Crippen molar-refractivity contribution in [2.75, 3.05) is 5.32 Å². The molecule has 1 N–H and O–H groups in total. The van der Waals surface area contributed by atoms with Crippen molar-refractivity contribution in [3.05, 3.63) is 44.5 Å². The lowest BCUT2D eigenvalue weighted by molar-refractivity contribution is 1.19. The molecule has 114 valence electrons. The van der Waals surface area contributed by atoms with E-state index in [0.29, 0.717) is 10.8 Å². The highest BCUT2D eigenvalue weighted by atomic mass is 35.5. The normalized spacial score (nSPS) is 11.1. The number of nitrogens with zero attached hydrogens (tertiary/aromatic N) is 2. The molecule has 2 heterocycles. The number of benzene rings is 1. The molecule has 3 aromatic rings. The van der Waals surface area contributed by atoms with Gasteiger partial charge in [-0.15, -0.1) is 11.3 Å². The highest BCUT2D eigenvalue weighted by Gasteiger charge is 2.13. The van der Waals surface area contributed by atoms with Gasteiger partial charge in [0.05, 0.1) is 16.1 Å². The Labute approximate surface area is 143 Å². The number of anilines is 2. The van der Waals surface area contributed by atoms with Crippen molar-refractivity contribution >= 4 is 56.3 Å². The molecule has 0 aliphatic heterocycles. The molecule has 6 heteroatoms. The number of thiophene rings is 1. The molecule has 0 aliphatic carbocycles. The van der Waals surface area contributed by atoms with Crippen LogP contribution in [-0.4, -0.2) is 9.97 Å². The highest BCUT2D eigenvalue weighted by molar-refractivity contribution is 7.18. The Hall–Kier alpha value is -1.36. The van der Waals surface area contributed by atoms with Crippen LogP contribution in [0, 0.1) is 13.8 Å². The number of nitrogens with one attached hydrogen (secondary N) is 1. The topological polar surface area (TPSA) is 37.8 Å². The summed E-state index contributed by atoms with van der Waals surface area (Å²) in [5.41, 5.74) is 3.05. The summed E-state index contributed by atoms with van der Waals surface area (Å²) < 4.78 is 0. The fraction of sp³-hybridized carbons (Fsp3) is 0.250. The zero-order chi connectivity index (χ0) is 15.9.